The summed E-state index contributed by atoms with van der Waals surface area (Å²) in [6.07, 6.45) is 1.19. The Balaban J connectivity index is 2.30. The van der Waals surface area contributed by atoms with Crippen molar-refractivity contribution in [2.75, 3.05) is 7.11 Å². The number of benzene rings is 1. The van der Waals surface area contributed by atoms with Gasteiger partial charge in [0, 0.05) is 5.56 Å². The van der Waals surface area contributed by atoms with Crippen molar-refractivity contribution in [3.05, 3.63) is 47.8 Å². The highest BCUT2D eigenvalue weighted by Crippen LogP contribution is 2.19. The van der Waals surface area contributed by atoms with Crippen molar-refractivity contribution in [2.45, 2.75) is 5.50 Å². The number of hydrogen-bond acceptors (Lipinski definition) is 5. The molecule has 0 bridgehead atoms. The van der Waals surface area contributed by atoms with E-state index in [2.05, 4.69) is 15.0 Å². The number of esters is 1. The number of alkyl halides is 1. The first-order valence-corrected chi connectivity index (χ1v) is 5.80. The third-order valence-electron chi connectivity index (χ3n) is 2.46. The number of rotatable bonds is 4. The molecule has 1 aromatic heterocycles. The average Bonchev–Trinajstić information content (AvgIpc) is 2.95. The Morgan fingerprint density at radius 2 is 2.00 bits per heavy atom. The molecule has 0 aliphatic heterocycles. The van der Waals surface area contributed by atoms with Gasteiger partial charge in [-0.2, -0.15) is 0 Å². The van der Waals surface area contributed by atoms with E-state index in [4.69, 9.17) is 11.6 Å². The van der Waals surface area contributed by atoms with E-state index in [1.54, 1.807) is 30.3 Å². The SMILES string of the molecule is COC(=O)c1cnnn1C(Cl)C(=O)c1ccccc1. The lowest BCUT2D eigenvalue weighted by molar-refractivity contribution is 0.0586. The second kappa shape index (κ2) is 5.62. The summed E-state index contributed by atoms with van der Waals surface area (Å²) in [5, 5.41) is 7.21. The number of aromatic nitrogens is 3. The number of ether oxygens (including phenoxy) is 1. The zero-order chi connectivity index (χ0) is 13.8. The molecular weight excluding hydrogens is 270 g/mol. The van der Waals surface area contributed by atoms with Gasteiger partial charge in [0.15, 0.2) is 11.2 Å². The molecule has 0 amide bonds. The van der Waals surface area contributed by atoms with Crippen LogP contribution in [-0.2, 0) is 4.74 Å². The molecule has 7 heteroatoms. The molecule has 2 rings (SSSR count). The molecule has 1 unspecified atom stereocenters. The van der Waals surface area contributed by atoms with E-state index < -0.39 is 11.5 Å². The lowest BCUT2D eigenvalue weighted by atomic mass is 10.1. The molecule has 1 aromatic carbocycles. The van der Waals surface area contributed by atoms with Crippen molar-refractivity contribution < 1.29 is 14.3 Å². The molecule has 2 aromatic rings. The maximum Gasteiger partial charge on any atom is 0.358 e. The number of halogens is 1. The number of nitrogens with zero attached hydrogens (tertiary/aromatic N) is 3. The number of ketones is 1. The Kier molecular flexibility index (Phi) is 3.91. The van der Waals surface area contributed by atoms with Gasteiger partial charge in [0.1, 0.15) is 0 Å². The van der Waals surface area contributed by atoms with E-state index in [1.165, 1.54) is 13.3 Å². The molecule has 0 saturated heterocycles. The fourth-order valence-corrected chi connectivity index (χ4v) is 1.78. The van der Waals surface area contributed by atoms with Crippen molar-refractivity contribution in [2.24, 2.45) is 0 Å². The van der Waals surface area contributed by atoms with E-state index in [-0.39, 0.29) is 11.5 Å². The molecule has 0 N–H and O–H groups in total. The van der Waals surface area contributed by atoms with E-state index in [0.717, 1.165) is 4.68 Å². The maximum atomic E-state index is 12.1. The van der Waals surface area contributed by atoms with Crippen molar-refractivity contribution in [3.8, 4) is 0 Å². The summed E-state index contributed by atoms with van der Waals surface area (Å²) in [5.41, 5.74) is -0.709. The highest BCUT2D eigenvalue weighted by atomic mass is 35.5. The molecule has 0 aliphatic rings. The number of methoxy groups -OCH3 is 1. The Labute approximate surface area is 113 Å². The fraction of sp³-hybridized carbons (Fsp3) is 0.167. The Morgan fingerprint density at radius 3 is 2.63 bits per heavy atom. The highest BCUT2D eigenvalue weighted by molar-refractivity contribution is 6.31. The van der Waals surface area contributed by atoms with E-state index in [9.17, 15) is 9.59 Å². The second-order valence-electron chi connectivity index (χ2n) is 3.62. The van der Waals surface area contributed by atoms with Crippen LogP contribution in [0.15, 0.2) is 36.5 Å². The molecule has 1 heterocycles. The first kappa shape index (κ1) is 13.2. The van der Waals surface area contributed by atoms with Crippen molar-refractivity contribution >= 4 is 23.4 Å². The van der Waals surface area contributed by atoms with Crippen LogP contribution in [0.1, 0.15) is 26.3 Å². The summed E-state index contributed by atoms with van der Waals surface area (Å²) in [7, 11) is 1.22. The smallest absolute Gasteiger partial charge is 0.358 e. The number of hydrogen-bond donors (Lipinski definition) is 0. The zero-order valence-electron chi connectivity index (χ0n) is 9.99. The van der Waals surface area contributed by atoms with E-state index in [0.29, 0.717) is 5.56 Å². The summed E-state index contributed by atoms with van der Waals surface area (Å²) < 4.78 is 5.59. The molecule has 0 saturated carbocycles. The minimum atomic E-state index is -1.15. The largest absolute Gasteiger partial charge is 0.464 e. The van der Waals surface area contributed by atoms with Gasteiger partial charge in [-0.1, -0.05) is 47.1 Å². The third-order valence-corrected chi connectivity index (χ3v) is 2.84. The summed E-state index contributed by atoms with van der Waals surface area (Å²) in [5.74, 6) is -1.03. The van der Waals surface area contributed by atoms with Crippen LogP contribution in [-0.4, -0.2) is 33.9 Å². The monoisotopic (exact) mass is 279 g/mol. The molecule has 19 heavy (non-hydrogen) atoms. The van der Waals surface area contributed by atoms with Crippen molar-refractivity contribution in [1.82, 2.24) is 15.0 Å². The van der Waals surface area contributed by atoms with Gasteiger partial charge in [-0.3, -0.25) is 4.79 Å². The Hall–Kier alpha value is -2.21. The zero-order valence-corrected chi connectivity index (χ0v) is 10.7. The molecule has 0 aliphatic carbocycles. The molecule has 98 valence electrons. The summed E-state index contributed by atoms with van der Waals surface area (Å²) in [6.45, 7) is 0. The molecular formula is C12H10ClN3O3. The first-order valence-electron chi connectivity index (χ1n) is 5.37. The van der Waals surface area contributed by atoms with Gasteiger partial charge in [-0.05, 0) is 0 Å². The first-order chi connectivity index (χ1) is 9.15. The molecule has 1 atom stereocenters. The average molecular weight is 280 g/mol. The molecule has 0 radical (unpaired) electrons. The van der Waals surface area contributed by atoms with Gasteiger partial charge < -0.3 is 4.74 Å². The van der Waals surface area contributed by atoms with Crippen LogP contribution in [0.25, 0.3) is 0 Å². The van der Waals surface area contributed by atoms with Crippen LogP contribution in [0.5, 0.6) is 0 Å². The van der Waals surface area contributed by atoms with Gasteiger partial charge in [-0.25, -0.2) is 9.48 Å². The fourth-order valence-electron chi connectivity index (χ4n) is 1.51. The van der Waals surface area contributed by atoms with Gasteiger partial charge in [-0.15, -0.1) is 5.10 Å². The maximum absolute atomic E-state index is 12.1. The minimum Gasteiger partial charge on any atom is -0.464 e. The molecule has 6 nitrogen and oxygen atoms in total. The van der Waals surface area contributed by atoms with Crippen LogP contribution >= 0.6 is 11.6 Å². The van der Waals surface area contributed by atoms with Crippen LogP contribution in [0.4, 0.5) is 0 Å². The van der Waals surface area contributed by atoms with Gasteiger partial charge >= 0.3 is 5.97 Å². The standard InChI is InChI=1S/C12H10ClN3O3/c1-19-12(18)9-7-14-15-16(9)11(13)10(17)8-5-3-2-4-6-8/h2-7,11H,1H3. The molecule has 0 spiro atoms. The number of Topliss-reactive ketones (excluding diaryl/α,β-unsaturated/α-hetero) is 1. The van der Waals surface area contributed by atoms with Gasteiger partial charge in [0.05, 0.1) is 13.3 Å². The highest BCUT2D eigenvalue weighted by Gasteiger charge is 2.25. The van der Waals surface area contributed by atoms with Crippen LogP contribution in [0, 0.1) is 0 Å². The lowest BCUT2D eigenvalue weighted by Crippen LogP contribution is -2.20. The Morgan fingerprint density at radius 1 is 1.32 bits per heavy atom. The summed E-state index contributed by atoms with van der Waals surface area (Å²) in [6, 6.07) is 8.49. The topological polar surface area (TPSA) is 74.1 Å². The van der Waals surface area contributed by atoms with E-state index >= 15 is 0 Å². The lowest BCUT2D eigenvalue weighted by Gasteiger charge is -2.10. The quantitative estimate of drug-likeness (QED) is 0.484. The third kappa shape index (κ3) is 2.63. The van der Waals surface area contributed by atoms with Crippen LogP contribution in [0.2, 0.25) is 0 Å². The van der Waals surface area contributed by atoms with Crippen molar-refractivity contribution in [1.29, 1.82) is 0 Å². The van der Waals surface area contributed by atoms with Gasteiger partial charge in [0.2, 0.25) is 5.78 Å². The summed E-state index contributed by atoms with van der Waals surface area (Å²) in [4.78, 5) is 23.6. The van der Waals surface area contributed by atoms with Crippen LogP contribution < -0.4 is 0 Å². The Bertz CT molecular complexity index is 597. The second-order valence-corrected chi connectivity index (χ2v) is 4.03. The van der Waals surface area contributed by atoms with Gasteiger partial charge in [0.25, 0.3) is 0 Å². The normalized spacial score (nSPS) is 11.9. The number of carbonyl (C=O) groups excluding carboxylic acids is 2. The van der Waals surface area contributed by atoms with Crippen molar-refractivity contribution in [3.63, 3.8) is 0 Å². The predicted octanol–water partition coefficient (Wildman–Crippen LogP) is 1.68. The molecule has 0 fully saturated rings. The van der Waals surface area contributed by atoms with Crippen LogP contribution in [0.3, 0.4) is 0 Å². The minimum absolute atomic E-state index is 0.0202. The summed E-state index contributed by atoms with van der Waals surface area (Å²) >= 11 is 6.04. The number of carbonyl (C=O) groups is 2. The van der Waals surface area contributed by atoms with E-state index in [1.807, 2.05) is 0 Å². The predicted molar refractivity (Wildman–Crippen MR) is 67.0 cm³/mol.